The highest BCUT2D eigenvalue weighted by molar-refractivity contribution is 5.39. The lowest BCUT2D eigenvalue weighted by atomic mass is 9.93. The van der Waals surface area contributed by atoms with Gasteiger partial charge in [-0.05, 0) is 35.4 Å². The van der Waals surface area contributed by atoms with Crippen LogP contribution in [0.25, 0.3) is 0 Å². The Hall–Kier alpha value is -1.02. The lowest BCUT2D eigenvalue weighted by Crippen LogP contribution is -2.13. The first-order valence-corrected chi connectivity index (χ1v) is 6.00. The zero-order valence-electron chi connectivity index (χ0n) is 10.7. The maximum atomic E-state index is 9.73. The lowest BCUT2D eigenvalue weighted by Gasteiger charge is -2.17. The first-order chi connectivity index (χ1) is 7.41. The summed E-state index contributed by atoms with van der Waals surface area (Å²) in [6.07, 6.45) is 0.975. The molecule has 0 spiro atoms. The van der Waals surface area contributed by atoms with Crippen molar-refractivity contribution < 1.29 is 5.11 Å². The van der Waals surface area contributed by atoms with Crippen LogP contribution in [0.15, 0.2) is 18.2 Å². The van der Waals surface area contributed by atoms with Gasteiger partial charge in [0.2, 0.25) is 0 Å². The highest BCUT2D eigenvalue weighted by Gasteiger charge is 2.12. The molecule has 0 heterocycles. The second-order valence-electron chi connectivity index (χ2n) is 5.21. The van der Waals surface area contributed by atoms with Crippen LogP contribution < -0.4 is 5.73 Å². The third-order valence-electron chi connectivity index (χ3n) is 2.83. The van der Waals surface area contributed by atoms with Crippen LogP contribution in [0, 0.1) is 5.92 Å². The Morgan fingerprint density at radius 3 is 2.31 bits per heavy atom. The first kappa shape index (κ1) is 13.0. The molecule has 0 bridgehead atoms. The van der Waals surface area contributed by atoms with E-state index in [0.717, 1.165) is 17.5 Å². The van der Waals surface area contributed by atoms with Gasteiger partial charge < -0.3 is 10.8 Å². The van der Waals surface area contributed by atoms with Crippen molar-refractivity contribution in [1.82, 2.24) is 0 Å². The number of hydrogen-bond acceptors (Lipinski definition) is 2. The topological polar surface area (TPSA) is 46.2 Å². The van der Waals surface area contributed by atoms with Crippen molar-refractivity contribution in [2.75, 3.05) is 0 Å². The third-order valence-corrected chi connectivity index (χ3v) is 2.83. The molecular weight excluding hydrogens is 198 g/mol. The van der Waals surface area contributed by atoms with Gasteiger partial charge in [-0.3, -0.25) is 0 Å². The van der Waals surface area contributed by atoms with Crippen molar-refractivity contribution >= 4 is 0 Å². The van der Waals surface area contributed by atoms with E-state index in [1.165, 1.54) is 0 Å². The van der Waals surface area contributed by atoms with Crippen LogP contribution in [0.5, 0.6) is 5.75 Å². The number of nitrogens with two attached hydrogens (primary N) is 1. The smallest absolute Gasteiger partial charge is 0.119 e. The SMILES string of the molecule is CC(C)CC(N)c1ccc(O)c(C(C)C)c1. The number of phenols is 1. The van der Waals surface area contributed by atoms with Crippen LogP contribution in [-0.2, 0) is 0 Å². The summed E-state index contributed by atoms with van der Waals surface area (Å²) < 4.78 is 0. The molecule has 0 aromatic heterocycles. The summed E-state index contributed by atoms with van der Waals surface area (Å²) in [6.45, 7) is 8.49. The van der Waals surface area contributed by atoms with Crippen molar-refractivity contribution in [2.24, 2.45) is 11.7 Å². The van der Waals surface area contributed by atoms with Crippen LogP contribution >= 0.6 is 0 Å². The Balaban J connectivity index is 2.94. The molecule has 1 aromatic rings. The monoisotopic (exact) mass is 221 g/mol. The van der Waals surface area contributed by atoms with Gasteiger partial charge >= 0.3 is 0 Å². The zero-order chi connectivity index (χ0) is 12.3. The maximum Gasteiger partial charge on any atom is 0.119 e. The average molecular weight is 221 g/mol. The predicted molar refractivity (Wildman–Crippen MR) is 68.6 cm³/mol. The van der Waals surface area contributed by atoms with E-state index in [1.807, 2.05) is 12.1 Å². The molecule has 2 nitrogen and oxygen atoms in total. The maximum absolute atomic E-state index is 9.73. The molecule has 1 unspecified atom stereocenters. The molecule has 0 aliphatic carbocycles. The van der Waals surface area contributed by atoms with Gasteiger partial charge in [0.25, 0.3) is 0 Å². The Morgan fingerprint density at radius 2 is 1.81 bits per heavy atom. The standard InChI is InChI=1S/C14H23NO/c1-9(2)7-13(15)11-5-6-14(16)12(8-11)10(3)4/h5-6,8-10,13,16H,7,15H2,1-4H3. The molecule has 0 amide bonds. The second kappa shape index (κ2) is 5.35. The predicted octanol–water partition coefficient (Wildman–Crippen LogP) is 3.56. The molecule has 0 aliphatic heterocycles. The summed E-state index contributed by atoms with van der Waals surface area (Å²) in [5.74, 6) is 1.29. The molecule has 1 atom stereocenters. The van der Waals surface area contributed by atoms with E-state index < -0.39 is 0 Å². The van der Waals surface area contributed by atoms with Crippen molar-refractivity contribution in [3.8, 4) is 5.75 Å². The fourth-order valence-corrected chi connectivity index (χ4v) is 1.91. The van der Waals surface area contributed by atoms with Gasteiger partial charge in [0.1, 0.15) is 5.75 Å². The molecule has 16 heavy (non-hydrogen) atoms. The van der Waals surface area contributed by atoms with E-state index in [1.54, 1.807) is 6.07 Å². The van der Waals surface area contributed by atoms with E-state index in [9.17, 15) is 5.11 Å². The second-order valence-corrected chi connectivity index (χ2v) is 5.21. The molecule has 0 saturated carbocycles. The molecule has 2 heteroatoms. The molecule has 0 radical (unpaired) electrons. The highest BCUT2D eigenvalue weighted by Crippen LogP contribution is 2.29. The summed E-state index contributed by atoms with van der Waals surface area (Å²) in [4.78, 5) is 0. The summed E-state index contributed by atoms with van der Waals surface area (Å²) >= 11 is 0. The van der Waals surface area contributed by atoms with Crippen LogP contribution in [0.4, 0.5) is 0 Å². The number of aromatic hydroxyl groups is 1. The Morgan fingerprint density at radius 1 is 1.19 bits per heavy atom. The largest absolute Gasteiger partial charge is 0.508 e. The van der Waals surface area contributed by atoms with E-state index >= 15 is 0 Å². The van der Waals surface area contributed by atoms with Gasteiger partial charge in [0.05, 0.1) is 0 Å². The number of phenolic OH excluding ortho intramolecular Hbond substituents is 1. The molecule has 0 aliphatic rings. The zero-order valence-corrected chi connectivity index (χ0v) is 10.7. The van der Waals surface area contributed by atoms with E-state index in [2.05, 4.69) is 27.7 Å². The van der Waals surface area contributed by atoms with Crippen molar-refractivity contribution in [1.29, 1.82) is 0 Å². The van der Waals surface area contributed by atoms with Gasteiger partial charge in [-0.25, -0.2) is 0 Å². The van der Waals surface area contributed by atoms with Gasteiger partial charge in [0, 0.05) is 6.04 Å². The number of hydrogen-bond donors (Lipinski definition) is 2. The van der Waals surface area contributed by atoms with Crippen LogP contribution in [0.1, 0.15) is 57.2 Å². The van der Waals surface area contributed by atoms with Gasteiger partial charge in [-0.15, -0.1) is 0 Å². The lowest BCUT2D eigenvalue weighted by molar-refractivity contribution is 0.463. The minimum atomic E-state index is 0.0677. The molecule has 3 N–H and O–H groups in total. The van der Waals surface area contributed by atoms with Crippen molar-refractivity contribution in [3.63, 3.8) is 0 Å². The minimum absolute atomic E-state index is 0.0677. The minimum Gasteiger partial charge on any atom is -0.508 e. The van der Waals surface area contributed by atoms with Gasteiger partial charge in [-0.1, -0.05) is 39.8 Å². The summed E-state index contributed by atoms with van der Waals surface area (Å²) in [5, 5.41) is 9.73. The third kappa shape index (κ3) is 3.24. The van der Waals surface area contributed by atoms with Gasteiger partial charge in [-0.2, -0.15) is 0 Å². The van der Waals surface area contributed by atoms with Crippen molar-refractivity contribution in [3.05, 3.63) is 29.3 Å². The van der Waals surface area contributed by atoms with Crippen molar-refractivity contribution in [2.45, 2.75) is 46.1 Å². The van der Waals surface area contributed by atoms with Gasteiger partial charge in [0.15, 0.2) is 0 Å². The Labute approximate surface area is 98.5 Å². The summed E-state index contributed by atoms with van der Waals surface area (Å²) in [7, 11) is 0. The van der Waals surface area contributed by atoms with Crippen LogP contribution in [0.3, 0.4) is 0 Å². The number of rotatable bonds is 4. The molecule has 1 rings (SSSR count). The molecule has 90 valence electrons. The first-order valence-electron chi connectivity index (χ1n) is 6.00. The molecule has 0 saturated heterocycles. The van der Waals surface area contributed by atoms with E-state index in [-0.39, 0.29) is 6.04 Å². The quantitative estimate of drug-likeness (QED) is 0.816. The Kier molecular flexibility index (Phi) is 4.36. The van der Waals surface area contributed by atoms with E-state index in [4.69, 9.17) is 5.73 Å². The normalized spacial score (nSPS) is 13.4. The fraction of sp³-hybridized carbons (Fsp3) is 0.571. The number of benzene rings is 1. The summed E-state index contributed by atoms with van der Waals surface area (Å²) in [6, 6.07) is 5.78. The molecule has 1 aromatic carbocycles. The Bertz CT molecular complexity index is 345. The molecular formula is C14H23NO. The van der Waals surface area contributed by atoms with Crippen LogP contribution in [0.2, 0.25) is 0 Å². The highest BCUT2D eigenvalue weighted by atomic mass is 16.3. The van der Waals surface area contributed by atoms with E-state index in [0.29, 0.717) is 17.6 Å². The molecule has 0 fully saturated rings. The van der Waals surface area contributed by atoms with Crippen LogP contribution in [-0.4, -0.2) is 5.11 Å². The summed E-state index contributed by atoms with van der Waals surface area (Å²) in [5.41, 5.74) is 8.24. The fourth-order valence-electron chi connectivity index (χ4n) is 1.91. The average Bonchev–Trinajstić information content (AvgIpc) is 2.16.